The second-order valence-electron chi connectivity index (χ2n) is 5.38. The van der Waals surface area contributed by atoms with E-state index in [1.54, 1.807) is 0 Å². The molecule has 8 heteroatoms. The van der Waals surface area contributed by atoms with E-state index in [-0.39, 0.29) is 17.1 Å². The maximum atomic E-state index is 12.3. The van der Waals surface area contributed by atoms with Crippen LogP contribution in [0.1, 0.15) is 20.8 Å². The van der Waals surface area contributed by atoms with Crippen LogP contribution in [0, 0.1) is 0 Å². The lowest BCUT2D eigenvalue weighted by atomic mass is 10.1. The molecule has 2 aromatic heterocycles. The van der Waals surface area contributed by atoms with Gasteiger partial charge in [0.2, 0.25) is 0 Å². The van der Waals surface area contributed by atoms with Crippen LogP contribution in [0.3, 0.4) is 0 Å². The lowest BCUT2D eigenvalue weighted by molar-refractivity contribution is 0.0691. The summed E-state index contributed by atoms with van der Waals surface area (Å²) in [5.41, 5.74) is 8.54. The number of imide groups is 1. The van der Waals surface area contributed by atoms with Gasteiger partial charge in [-0.25, -0.2) is 4.98 Å². The van der Waals surface area contributed by atoms with E-state index in [2.05, 4.69) is 10.1 Å². The molecule has 1 aromatic carbocycles. The van der Waals surface area contributed by atoms with Crippen LogP contribution in [0.5, 0.6) is 0 Å². The average molecular weight is 339 g/mol. The van der Waals surface area contributed by atoms with Crippen molar-refractivity contribution in [1.29, 1.82) is 0 Å². The second kappa shape index (κ2) is 5.07. The molecule has 4 rings (SSSR count). The summed E-state index contributed by atoms with van der Waals surface area (Å²) < 4.78 is 1.44. The summed E-state index contributed by atoms with van der Waals surface area (Å²) >= 11 is 1.46. The van der Waals surface area contributed by atoms with Crippen LogP contribution >= 0.6 is 11.8 Å². The SMILES string of the molecule is CSc1nn2c(N)c3c(nc2c1-c1ccccc1)C(=O)N(C)C3=O. The molecule has 2 amide bonds. The molecule has 1 aliphatic heterocycles. The summed E-state index contributed by atoms with van der Waals surface area (Å²) in [6.45, 7) is 0. The fourth-order valence-corrected chi connectivity index (χ4v) is 3.41. The van der Waals surface area contributed by atoms with Crippen LogP contribution in [0.2, 0.25) is 0 Å². The number of rotatable bonds is 2. The predicted molar refractivity (Wildman–Crippen MR) is 91.0 cm³/mol. The molecule has 0 saturated carbocycles. The molecule has 0 aliphatic carbocycles. The molecule has 0 bridgehead atoms. The van der Waals surface area contributed by atoms with Crippen molar-refractivity contribution >= 4 is 35.0 Å². The highest BCUT2D eigenvalue weighted by Crippen LogP contribution is 2.36. The van der Waals surface area contributed by atoms with E-state index >= 15 is 0 Å². The average Bonchev–Trinajstić information content (AvgIpc) is 3.08. The van der Waals surface area contributed by atoms with Gasteiger partial charge in [-0.15, -0.1) is 11.8 Å². The van der Waals surface area contributed by atoms with Crippen molar-refractivity contribution in [2.24, 2.45) is 0 Å². The highest BCUT2D eigenvalue weighted by atomic mass is 32.2. The number of nitrogens with two attached hydrogens (primary N) is 1. The first kappa shape index (κ1) is 14.7. The Hall–Kier alpha value is -2.87. The fraction of sp³-hybridized carbons (Fsp3) is 0.125. The first-order chi connectivity index (χ1) is 11.5. The van der Waals surface area contributed by atoms with Gasteiger partial charge in [0.15, 0.2) is 5.65 Å². The number of benzene rings is 1. The van der Waals surface area contributed by atoms with Gasteiger partial charge in [-0.05, 0) is 11.8 Å². The number of hydrogen-bond acceptors (Lipinski definition) is 6. The van der Waals surface area contributed by atoms with E-state index in [1.165, 1.54) is 23.3 Å². The van der Waals surface area contributed by atoms with Gasteiger partial charge >= 0.3 is 0 Å². The summed E-state index contributed by atoms with van der Waals surface area (Å²) in [4.78, 5) is 30.0. The number of thioether (sulfide) groups is 1. The third-order valence-corrected chi connectivity index (χ3v) is 4.72. The Kier molecular flexibility index (Phi) is 3.10. The van der Waals surface area contributed by atoms with Crippen LogP contribution in [0.4, 0.5) is 5.82 Å². The van der Waals surface area contributed by atoms with Gasteiger partial charge in [0.25, 0.3) is 11.8 Å². The number of anilines is 1. The zero-order valence-corrected chi connectivity index (χ0v) is 13.8. The number of nitrogen functional groups attached to an aromatic ring is 1. The Morgan fingerprint density at radius 3 is 2.46 bits per heavy atom. The van der Waals surface area contributed by atoms with Gasteiger partial charge in [-0.2, -0.15) is 9.61 Å². The molecule has 0 radical (unpaired) electrons. The standard InChI is InChI=1S/C16H13N5O2S/c1-20-15(22)10-11(16(20)23)18-13-9(8-6-4-3-5-7-8)14(24-2)19-21(13)12(10)17/h3-7H,17H2,1-2H3. The maximum absolute atomic E-state index is 12.3. The molecule has 0 spiro atoms. The van der Waals surface area contributed by atoms with Crippen LogP contribution in [0.25, 0.3) is 16.8 Å². The van der Waals surface area contributed by atoms with Gasteiger partial charge in [-0.3, -0.25) is 14.5 Å². The molecule has 24 heavy (non-hydrogen) atoms. The van der Waals surface area contributed by atoms with E-state index < -0.39 is 11.8 Å². The molecule has 7 nitrogen and oxygen atoms in total. The second-order valence-corrected chi connectivity index (χ2v) is 6.17. The first-order valence-corrected chi connectivity index (χ1v) is 8.41. The summed E-state index contributed by atoms with van der Waals surface area (Å²) in [5, 5.41) is 5.21. The quantitative estimate of drug-likeness (QED) is 0.566. The Labute approximate surface area is 141 Å². The van der Waals surface area contributed by atoms with Crippen molar-refractivity contribution in [3.63, 3.8) is 0 Å². The van der Waals surface area contributed by atoms with Crippen molar-refractivity contribution in [2.75, 3.05) is 19.0 Å². The normalized spacial score (nSPS) is 13.8. The zero-order chi connectivity index (χ0) is 17.0. The fourth-order valence-electron chi connectivity index (χ4n) is 2.83. The number of aromatic nitrogens is 3. The maximum Gasteiger partial charge on any atom is 0.280 e. The molecule has 0 saturated heterocycles. The molecular weight excluding hydrogens is 326 g/mol. The highest BCUT2D eigenvalue weighted by Gasteiger charge is 2.38. The topological polar surface area (TPSA) is 93.6 Å². The third-order valence-electron chi connectivity index (χ3n) is 4.05. The monoisotopic (exact) mass is 339 g/mol. The van der Waals surface area contributed by atoms with Crippen molar-refractivity contribution in [3.8, 4) is 11.1 Å². The smallest absolute Gasteiger partial charge is 0.280 e. The van der Waals surface area contributed by atoms with Crippen molar-refractivity contribution in [2.45, 2.75) is 5.03 Å². The molecular formula is C16H13N5O2S. The van der Waals surface area contributed by atoms with Gasteiger partial charge in [0.1, 0.15) is 22.1 Å². The van der Waals surface area contributed by atoms with E-state index in [0.29, 0.717) is 5.65 Å². The third kappa shape index (κ3) is 1.80. The first-order valence-electron chi connectivity index (χ1n) is 7.18. The van der Waals surface area contributed by atoms with Gasteiger partial charge < -0.3 is 5.73 Å². The Balaban J connectivity index is 2.11. The van der Waals surface area contributed by atoms with Gasteiger partial charge in [-0.1, -0.05) is 30.3 Å². The van der Waals surface area contributed by atoms with Crippen molar-refractivity contribution in [3.05, 3.63) is 41.6 Å². The van der Waals surface area contributed by atoms with Crippen molar-refractivity contribution in [1.82, 2.24) is 19.5 Å². The number of amides is 2. The molecule has 2 N–H and O–H groups in total. The van der Waals surface area contributed by atoms with Crippen LogP contribution in [-0.2, 0) is 0 Å². The Bertz CT molecular complexity index is 1010. The number of nitrogens with zero attached hydrogens (tertiary/aromatic N) is 4. The summed E-state index contributed by atoms with van der Waals surface area (Å²) in [7, 11) is 1.42. The summed E-state index contributed by atoms with van der Waals surface area (Å²) in [5.74, 6) is -0.769. The zero-order valence-electron chi connectivity index (χ0n) is 13.0. The summed E-state index contributed by atoms with van der Waals surface area (Å²) in [6.07, 6.45) is 1.90. The number of carbonyl (C=O) groups is 2. The lowest BCUT2D eigenvalue weighted by Crippen LogP contribution is -2.24. The molecule has 0 atom stereocenters. The molecule has 0 unspecified atom stereocenters. The van der Waals surface area contributed by atoms with Crippen LogP contribution in [-0.4, -0.2) is 44.6 Å². The van der Waals surface area contributed by atoms with Gasteiger partial charge in [0.05, 0.1) is 5.56 Å². The molecule has 120 valence electrons. The summed E-state index contributed by atoms with van der Waals surface area (Å²) in [6, 6.07) is 9.65. The van der Waals surface area contributed by atoms with Crippen molar-refractivity contribution < 1.29 is 9.59 Å². The largest absolute Gasteiger partial charge is 0.383 e. The highest BCUT2D eigenvalue weighted by molar-refractivity contribution is 7.98. The Morgan fingerprint density at radius 2 is 1.79 bits per heavy atom. The van der Waals surface area contributed by atoms with E-state index in [9.17, 15) is 9.59 Å². The van der Waals surface area contributed by atoms with Crippen LogP contribution in [0.15, 0.2) is 35.4 Å². The Morgan fingerprint density at radius 1 is 1.08 bits per heavy atom. The molecule has 1 aliphatic rings. The van der Waals surface area contributed by atoms with E-state index in [0.717, 1.165) is 21.1 Å². The molecule has 3 heterocycles. The minimum atomic E-state index is -0.454. The predicted octanol–water partition coefficient (Wildman–Crippen LogP) is 1.93. The number of hydrogen-bond donors (Lipinski definition) is 1. The number of fused-ring (bicyclic) bond motifs is 2. The minimum absolute atomic E-state index is 0.0808. The molecule has 3 aromatic rings. The van der Waals surface area contributed by atoms with Crippen LogP contribution < -0.4 is 5.73 Å². The number of carbonyl (C=O) groups excluding carboxylic acids is 2. The van der Waals surface area contributed by atoms with E-state index in [4.69, 9.17) is 5.73 Å². The van der Waals surface area contributed by atoms with E-state index in [1.807, 2.05) is 36.6 Å². The molecule has 0 fully saturated rings. The lowest BCUT2D eigenvalue weighted by Gasteiger charge is -2.04. The van der Waals surface area contributed by atoms with Gasteiger partial charge in [0, 0.05) is 7.05 Å². The minimum Gasteiger partial charge on any atom is -0.383 e.